The summed E-state index contributed by atoms with van der Waals surface area (Å²) in [6, 6.07) is 10.3. The molecule has 2 heterocycles. The van der Waals surface area contributed by atoms with Crippen LogP contribution < -0.4 is 5.32 Å². The molecule has 0 unspecified atom stereocenters. The first kappa shape index (κ1) is 13.8. The van der Waals surface area contributed by atoms with Crippen LogP contribution in [0.3, 0.4) is 0 Å². The first-order valence-corrected chi connectivity index (χ1v) is 6.65. The minimum absolute atomic E-state index is 0.213. The molecule has 0 spiro atoms. The summed E-state index contributed by atoms with van der Waals surface area (Å²) in [5.41, 5.74) is 0.769. The Bertz CT molecular complexity index is 784. The van der Waals surface area contributed by atoms with Crippen LogP contribution in [0, 0.1) is 0 Å². The summed E-state index contributed by atoms with van der Waals surface area (Å²) >= 11 is 0. The Balaban J connectivity index is 1.78. The lowest BCUT2D eigenvalue weighted by molar-refractivity contribution is 0.0697. The number of hydrogen-bond donors (Lipinski definition) is 2. The summed E-state index contributed by atoms with van der Waals surface area (Å²) < 4.78 is 5.71. The van der Waals surface area contributed by atoms with E-state index in [1.807, 2.05) is 0 Å². The van der Waals surface area contributed by atoms with Crippen LogP contribution >= 0.6 is 0 Å². The monoisotopic (exact) mass is 295 g/mol. The van der Waals surface area contributed by atoms with E-state index in [0.717, 1.165) is 0 Å². The van der Waals surface area contributed by atoms with Gasteiger partial charge in [-0.3, -0.25) is 4.98 Å². The van der Waals surface area contributed by atoms with Crippen molar-refractivity contribution in [3.05, 3.63) is 66.3 Å². The van der Waals surface area contributed by atoms with Crippen molar-refractivity contribution in [3.8, 4) is 11.3 Å². The lowest BCUT2D eigenvalue weighted by Gasteiger charge is -2.03. The molecule has 0 aliphatic heterocycles. The second kappa shape index (κ2) is 6.09. The number of benzene rings is 1. The highest BCUT2D eigenvalue weighted by molar-refractivity contribution is 5.95. The number of carboxylic acids is 1. The molecule has 2 aromatic heterocycles. The number of rotatable bonds is 5. The van der Waals surface area contributed by atoms with Gasteiger partial charge in [-0.1, -0.05) is 18.2 Å². The molecule has 22 heavy (non-hydrogen) atoms. The minimum Gasteiger partial charge on any atom is -0.478 e. The fourth-order valence-electron chi connectivity index (χ4n) is 2.07. The van der Waals surface area contributed by atoms with E-state index in [9.17, 15) is 9.90 Å². The number of nitrogens with zero attached hydrogens (tertiary/aromatic N) is 2. The molecular formula is C16H13N3O3. The normalized spacial score (nSPS) is 10.4. The highest BCUT2D eigenvalue weighted by Crippen LogP contribution is 2.26. The lowest BCUT2D eigenvalue weighted by Crippen LogP contribution is -2.00. The Kier molecular flexibility index (Phi) is 3.82. The van der Waals surface area contributed by atoms with E-state index in [1.165, 1.54) is 0 Å². The van der Waals surface area contributed by atoms with Crippen molar-refractivity contribution in [2.45, 2.75) is 6.54 Å². The highest BCUT2D eigenvalue weighted by atomic mass is 16.4. The molecule has 1 aromatic carbocycles. The molecule has 3 rings (SSSR count). The number of anilines is 1. The first-order valence-electron chi connectivity index (χ1n) is 6.65. The second-order valence-corrected chi connectivity index (χ2v) is 4.56. The molecule has 0 atom stereocenters. The molecule has 0 amide bonds. The number of hydrogen-bond acceptors (Lipinski definition) is 5. The molecule has 0 bridgehead atoms. The summed E-state index contributed by atoms with van der Waals surface area (Å²) in [5.74, 6) is 0.868. The van der Waals surface area contributed by atoms with Gasteiger partial charge in [-0.15, -0.1) is 0 Å². The van der Waals surface area contributed by atoms with Crippen molar-refractivity contribution in [1.29, 1.82) is 0 Å². The molecule has 110 valence electrons. The molecule has 6 nitrogen and oxygen atoms in total. The molecule has 0 radical (unpaired) electrons. The van der Waals surface area contributed by atoms with E-state index >= 15 is 0 Å². The third kappa shape index (κ3) is 2.95. The van der Waals surface area contributed by atoms with Crippen molar-refractivity contribution in [1.82, 2.24) is 9.97 Å². The predicted octanol–water partition coefficient (Wildman–Crippen LogP) is 3.05. The fraction of sp³-hybridized carbons (Fsp3) is 0.0625. The Hall–Kier alpha value is -3.15. The van der Waals surface area contributed by atoms with Crippen LogP contribution in [-0.2, 0) is 6.54 Å². The number of aromatic nitrogens is 2. The van der Waals surface area contributed by atoms with Gasteiger partial charge in [0.25, 0.3) is 0 Å². The van der Waals surface area contributed by atoms with E-state index in [2.05, 4.69) is 15.3 Å². The van der Waals surface area contributed by atoms with Gasteiger partial charge in [0.2, 0.25) is 0 Å². The third-order valence-corrected chi connectivity index (χ3v) is 3.09. The second-order valence-electron chi connectivity index (χ2n) is 4.56. The standard InChI is InChI=1S/C16H13N3O3/c20-16(21)13-4-2-1-3-12(13)14-6-5-11(22-14)9-19-15-10-17-7-8-18-15/h1-8,10H,9H2,(H,18,19)(H,20,21). The molecule has 2 N–H and O–H groups in total. The van der Waals surface area contributed by atoms with Crippen LogP contribution in [0.5, 0.6) is 0 Å². The van der Waals surface area contributed by atoms with Crippen LogP contribution in [0.4, 0.5) is 5.82 Å². The molecule has 6 heteroatoms. The Morgan fingerprint density at radius 1 is 1.18 bits per heavy atom. The van der Waals surface area contributed by atoms with Gasteiger partial charge in [0.1, 0.15) is 17.3 Å². The van der Waals surface area contributed by atoms with Crippen LogP contribution in [0.15, 0.2) is 59.4 Å². The number of furan rings is 1. The maximum atomic E-state index is 11.2. The van der Waals surface area contributed by atoms with Crippen LogP contribution in [0.2, 0.25) is 0 Å². The van der Waals surface area contributed by atoms with Crippen molar-refractivity contribution >= 4 is 11.8 Å². The van der Waals surface area contributed by atoms with E-state index < -0.39 is 5.97 Å². The molecule has 0 saturated heterocycles. The van der Waals surface area contributed by atoms with Gasteiger partial charge in [0.15, 0.2) is 0 Å². The zero-order chi connectivity index (χ0) is 15.4. The largest absolute Gasteiger partial charge is 0.478 e. The average molecular weight is 295 g/mol. The summed E-state index contributed by atoms with van der Waals surface area (Å²) in [6.07, 6.45) is 4.81. The van der Waals surface area contributed by atoms with Gasteiger partial charge in [0, 0.05) is 18.0 Å². The molecule has 0 saturated carbocycles. The molecular weight excluding hydrogens is 282 g/mol. The number of nitrogens with one attached hydrogen (secondary N) is 1. The first-order chi connectivity index (χ1) is 10.7. The van der Waals surface area contributed by atoms with Crippen molar-refractivity contribution in [2.24, 2.45) is 0 Å². The molecule has 0 fully saturated rings. The van der Waals surface area contributed by atoms with Gasteiger partial charge in [-0.25, -0.2) is 9.78 Å². The summed E-state index contributed by atoms with van der Waals surface area (Å²) in [4.78, 5) is 19.3. The SMILES string of the molecule is O=C(O)c1ccccc1-c1ccc(CNc2cnccn2)o1. The predicted molar refractivity (Wildman–Crippen MR) is 80.5 cm³/mol. The van der Waals surface area contributed by atoms with Gasteiger partial charge in [-0.2, -0.15) is 0 Å². The van der Waals surface area contributed by atoms with Crippen LogP contribution in [-0.4, -0.2) is 21.0 Å². The van der Waals surface area contributed by atoms with E-state index in [1.54, 1.807) is 55.0 Å². The lowest BCUT2D eigenvalue weighted by atomic mass is 10.1. The minimum atomic E-state index is -0.980. The van der Waals surface area contributed by atoms with Crippen molar-refractivity contribution in [2.75, 3.05) is 5.32 Å². The van der Waals surface area contributed by atoms with Crippen molar-refractivity contribution < 1.29 is 14.3 Å². The van der Waals surface area contributed by atoms with Gasteiger partial charge in [-0.05, 0) is 18.2 Å². The van der Waals surface area contributed by atoms with Gasteiger partial charge < -0.3 is 14.8 Å². The summed E-state index contributed by atoms with van der Waals surface area (Å²) in [7, 11) is 0. The topological polar surface area (TPSA) is 88.2 Å². The average Bonchev–Trinajstić information content (AvgIpc) is 3.03. The Labute approximate surface area is 126 Å². The maximum Gasteiger partial charge on any atom is 0.336 e. The highest BCUT2D eigenvalue weighted by Gasteiger charge is 2.13. The van der Waals surface area contributed by atoms with Crippen molar-refractivity contribution in [3.63, 3.8) is 0 Å². The van der Waals surface area contributed by atoms with E-state index in [0.29, 0.717) is 29.4 Å². The molecule has 3 aromatic rings. The zero-order valence-electron chi connectivity index (χ0n) is 11.6. The smallest absolute Gasteiger partial charge is 0.336 e. The molecule has 0 aliphatic rings. The van der Waals surface area contributed by atoms with Gasteiger partial charge in [0.05, 0.1) is 18.3 Å². The fourth-order valence-corrected chi connectivity index (χ4v) is 2.07. The van der Waals surface area contributed by atoms with Crippen LogP contribution in [0.25, 0.3) is 11.3 Å². The van der Waals surface area contributed by atoms with E-state index in [4.69, 9.17) is 4.42 Å². The van der Waals surface area contributed by atoms with Crippen LogP contribution in [0.1, 0.15) is 16.1 Å². The Morgan fingerprint density at radius 2 is 2.05 bits per heavy atom. The summed E-state index contributed by atoms with van der Waals surface area (Å²) in [6.45, 7) is 0.438. The zero-order valence-corrected chi connectivity index (χ0v) is 11.6. The quantitative estimate of drug-likeness (QED) is 0.752. The number of carboxylic acid groups (broad SMARTS) is 1. The molecule has 0 aliphatic carbocycles. The van der Waals surface area contributed by atoms with E-state index in [-0.39, 0.29) is 5.56 Å². The number of carbonyl (C=O) groups is 1. The summed E-state index contributed by atoms with van der Waals surface area (Å²) in [5, 5.41) is 12.3. The van der Waals surface area contributed by atoms with Gasteiger partial charge >= 0.3 is 5.97 Å². The Morgan fingerprint density at radius 3 is 2.82 bits per heavy atom. The number of aromatic carboxylic acids is 1. The maximum absolute atomic E-state index is 11.2. The third-order valence-electron chi connectivity index (χ3n) is 3.09.